The largest absolute Gasteiger partial charge is 0.330 e. The SMILES string of the molecule is CC[CH]CC(CN)CN. The maximum Gasteiger partial charge on any atom is -0.00367 e. The van der Waals surface area contributed by atoms with Gasteiger partial charge in [0.1, 0.15) is 0 Å². The predicted octanol–water partition coefficient (Wildman–Crippen LogP) is 0.524. The zero-order valence-electron chi connectivity index (χ0n) is 6.14. The Morgan fingerprint density at radius 2 is 1.89 bits per heavy atom. The van der Waals surface area contributed by atoms with Gasteiger partial charge in [0.05, 0.1) is 0 Å². The molecule has 0 bridgehead atoms. The average Bonchev–Trinajstić information content (AvgIpc) is 1.91. The molecule has 0 aliphatic heterocycles. The van der Waals surface area contributed by atoms with E-state index < -0.39 is 0 Å². The Kier molecular flexibility index (Phi) is 5.99. The van der Waals surface area contributed by atoms with Crippen LogP contribution in [0, 0.1) is 12.3 Å². The van der Waals surface area contributed by atoms with Crippen LogP contribution in [0.3, 0.4) is 0 Å². The highest BCUT2D eigenvalue weighted by Gasteiger charge is 2.01. The fourth-order valence-corrected chi connectivity index (χ4v) is 0.691. The van der Waals surface area contributed by atoms with E-state index in [4.69, 9.17) is 11.5 Å². The maximum atomic E-state index is 5.42. The van der Waals surface area contributed by atoms with E-state index >= 15 is 0 Å². The molecule has 0 aromatic rings. The number of hydrogen-bond donors (Lipinski definition) is 2. The summed E-state index contributed by atoms with van der Waals surface area (Å²) < 4.78 is 0. The molecule has 0 saturated carbocycles. The third kappa shape index (κ3) is 4.43. The molecule has 0 rings (SSSR count). The second kappa shape index (κ2) is 6.05. The van der Waals surface area contributed by atoms with Gasteiger partial charge >= 0.3 is 0 Å². The summed E-state index contributed by atoms with van der Waals surface area (Å²) in [6, 6.07) is 0. The van der Waals surface area contributed by atoms with Crippen molar-refractivity contribution in [2.45, 2.75) is 19.8 Å². The molecule has 0 aromatic carbocycles. The molecule has 0 aliphatic carbocycles. The maximum absolute atomic E-state index is 5.42. The highest BCUT2D eigenvalue weighted by molar-refractivity contribution is 4.70. The van der Waals surface area contributed by atoms with Gasteiger partial charge in [-0.2, -0.15) is 0 Å². The second-order valence-corrected chi connectivity index (χ2v) is 2.27. The first-order valence-electron chi connectivity index (χ1n) is 3.56. The van der Waals surface area contributed by atoms with Crippen molar-refractivity contribution in [3.8, 4) is 0 Å². The molecule has 0 atom stereocenters. The molecule has 0 amide bonds. The summed E-state index contributed by atoms with van der Waals surface area (Å²) in [6.07, 6.45) is 4.42. The lowest BCUT2D eigenvalue weighted by Crippen LogP contribution is -2.23. The van der Waals surface area contributed by atoms with Crippen molar-refractivity contribution in [3.05, 3.63) is 6.42 Å². The number of rotatable bonds is 5. The summed E-state index contributed by atoms with van der Waals surface area (Å²) in [6.45, 7) is 3.56. The summed E-state index contributed by atoms with van der Waals surface area (Å²) in [5.41, 5.74) is 10.8. The Hall–Kier alpha value is -0.0800. The van der Waals surface area contributed by atoms with Crippen LogP contribution in [0.25, 0.3) is 0 Å². The van der Waals surface area contributed by atoms with E-state index in [0.717, 1.165) is 12.8 Å². The molecule has 4 N–H and O–H groups in total. The molecule has 2 heteroatoms. The summed E-state index contributed by atoms with van der Waals surface area (Å²) in [5.74, 6) is 0.505. The van der Waals surface area contributed by atoms with Crippen LogP contribution < -0.4 is 11.5 Å². The molecule has 55 valence electrons. The van der Waals surface area contributed by atoms with Gasteiger partial charge in [0.25, 0.3) is 0 Å². The Labute approximate surface area is 57.6 Å². The van der Waals surface area contributed by atoms with E-state index in [9.17, 15) is 0 Å². The van der Waals surface area contributed by atoms with Crippen LogP contribution in [0.1, 0.15) is 19.8 Å². The molecule has 1 radical (unpaired) electrons. The van der Waals surface area contributed by atoms with Crippen molar-refractivity contribution in [1.82, 2.24) is 0 Å². The Morgan fingerprint density at radius 1 is 1.33 bits per heavy atom. The Bertz CT molecular complexity index is 50.9. The molecule has 0 aromatic heterocycles. The van der Waals surface area contributed by atoms with Gasteiger partial charge in [-0.05, 0) is 31.8 Å². The lowest BCUT2D eigenvalue weighted by molar-refractivity contribution is 0.536. The highest BCUT2D eigenvalue weighted by Crippen LogP contribution is 2.02. The van der Waals surface area contributed by atoms with Crippen molar-refractivity contribution >= 4 is 0 Å². The topological polar surface area (TPSA) is 52.0 Å². The number of unbranched alkanes of at least 4 members (excludes halogenated alkanes) is 1. The van der Waals surface area contributed by atoms with Crippen LogP contribution in [-0.2, 0) is 0 Å². The van der Waals surface area contributed by atoms with Gasteiger partial charge in [0, 0.05) is 0 Å². The van der Waals surface area contributed by atoms with Crippen LogP contribution in [0.2, 0.25) is 0 Å². The number of nitrogens with two attached hydrogens (primary N) is 2. The second-order valence-electron chi connectivity index (χ2n) is 2.27. The lowest BCUT2D eigenvalue weighted by atomic mass is 10.0. The number of hydrogen-bond acceptors (Lipinski definition) is 2. The molecule has 9 heavy (non-hydrogen) atoms. The first kappa shape index (κ1) is 8.92. The van der Waals surface area contributed by atoms with Gasteiger partial charge in [-0.25, -0.2) is 0 Å². The van der Waals surface area contributed by atoms with Gasteiger partial charge in [0.15, 0.2) is 0 Å². The molecule has 0 unspecified atom stereocenters. The molecular formula is C7H17N2. The summed E-state index contributed by atoms with van der Waals surface area (Å²) >= 11 is 0. The lowest BCUT2D eigenvalue weighted by Gasteiger charge is -2.09. The summed E-state index contributed by atoms with van der Waals surface area (Å²) in [4.78, 5) is 0. The highest BCUT2D eigenvalue weighted by atomic mass is 14.6. The molecular weight excluding hydrogens is 112 g/mol. The van der Waals surface area contributed by atoms with Crippen LogP contribution in [0.15, 0.2) is 0 Å². The predicted molar refractivity (Wildman–Crippen MR) is 40.8 cm³/mol. The van der Waals surface area contributed by atoms with E-state index in [-0.39, 0.29) is 0 Å². The van der Waals surface area contributed by atoms with Crippen molar-refractivity contribution in [3.63, 3.8) is 0 Å². The zero-order chi connectivity index (χ0) is 7.11. The standard InChI is InChI=1S/C7H17N2/c1-2-3-4-7(5-8)6-9/h3,7H,2,4-6,8-9H2,1H3. The summed E-state index contributed by atoms with van der Waals surface area (Å²) in [7, 11) is 0. The molecule has 0 fully saturated rings. The smallest absolute Gasteiger partial charge is 0.00367 e. The van der Waals surface area contributed by atoms with E-state index in [2.05, 4.69) is 13.3 Å². The first-order valence-corrected chi connectivity index (χ1v) is 3.56. The molecule has 0 heterocycles. The van der Waals surface area contributed by atoms with Gasteiger partial charge in [-0.1, -0.05) is 13.3 Å². The minimum absolute atomic E-state index is 0.505. The molecule has 2 nitrogen and oxygen atoms in total. The third-order valence-electron chi connectivity index (χ3n) is 1.46. The minimum atomic E-state index is 0.505. The monoisotopic (exact) mass is 129 g/mol. The fraction of sp³-hybridized carbons (Fsp3) is 0.857. The molecule has 0 spiro atoms. The van der Waals surface area contributed by atoms with Crippen LogP contribution in [0.5, 0.6) is 0 Å². The van der Waals surface area contributed by atoms with Gasteiger partial charge in [-0.3, -0.25) is 0 Å². The van der Waals surface area contributed by atoms with E-state index in [1.54, 1.807) is 0 Å². The van der Waals surface area contributed by atoms with E-state index in [0.29, 0.717) is 19.0 Å². The van der Waals surface area contributed by atoms with Gasteiger partial charge in [0.2, 0.25) is 0 Å². The normalized spacial score (nSPS) is 10.7. The van der Waals surface area contributed by atoms with E-state index in [1.165, 1.54) is 0 Å². The molecule has 0 saturated heterocycles. The van der Waals surface area contributed by atoms with Crippen LogP contribution >= 0.6 is 0 Å². The van der Waals surface area contributed by atoms with Crippen molar-refractivity contribution in [2.24, 2.45) is 17.4 Å². The van der Waals surface area contributed by atoms with Crippen LogP contribution in [-0.4, -0.2) is 13.1 Å². The average molecular weight is 129 g/mol. The van der Waals surface area contributed by atoms with Crippen molar-refractivity contribution in [1.29, 1.82) is 0 Å². The van der Waals surface area contributed by atoms with Crippen molar-refractivity contribution in [2.75, 3.05) is 13.1 Å². The van der Waals surface area contributed by atoms with E-state index in [1.807, 2.05) is 0 Å². The molecule has 0 aliphatic rings. The zero-order valence-corrected chi connectivity index (χ0v) is 6.14. The first-order chi connectivity index (χ1) is 4.35. The van der Waals surface area contributed by atoms with Crippen molar-refractivity contribution < 1.29 is 0 Å². The minimum Gasteiger partial charge on any atom is -0.330 e. The Morgan fingerprint density at radius 3 is 2.22 bits per heavy atom. The quantitative estimate of drug-likeness (QED) is 0.568. The van der Waals surface area contributed by atoms with Gasteiger partial charge < -0.3 is 11.5 Å². The Balaban J connectivity index is 3.09. The van der Waals surface area contributed by atoms with Gasteiger partial charge in [-0.15, -0.1) is 0 Å². The summed E-state index contributed by atoms with van der Waals surface area (Å²) in [5, 5.41) is 0. The fourth-order valence-electron chi connectivity index (χ4n) is 0.691. The van der Waals surface area contributed by atoms with Crippen LogP contribution in [0.4, 0.5) is 0 Å². The third-order valence-corrected chi connectivity index (χ3v) is 1.46.